The summed E-state index contributed by atoms with van der Waals surface area (Å²) in [5.41, 5.74) is 5.53. The average Bonchev–Trinajstić information content (AvgIpc) is 2.17. The van der Waals surface area contributed by atoms with E-state index in [2.05, 4.69) is 0 Å². The van der Waals surface area contributed by atoms with Gasteiger partial charge in [-0.15, -0.1) is 0 Å². The molecule has 0 bridgehead atoms. The van der Waals surface area contributed by atoms with E-state index in [0.29, 0.717) is 0 Å². The number of benzene rings is 1. The molecule has 0 atom stereocenters. The van der Waals surface area contributed by atoms with Gasteiger partial charge in [-0.1, -0.05) is 12.5 Å². The first-order valence-electron chi connectivity index (χ1n) is 5.60. The topological polar surface area (TPSA) is 60.2 Å². The second-order valence-electron chi connectivity index (χ2n) is 4.72. The Bertz CT molecular complexity index is 530. The van der Waals surface area contributed by atoms with E-state index in [1.807, 2.05) is 0 Å². The fraction of sp³-hybridized carbons (Fsp3) is 0.500. The van der Waals surface area contributed by atoms with Crippen molar-refractivity contribution in [3.05, 3.63) is 29.6 Å². The van der Waals surface area contributed by atoms with E-state index in [-0.39, 0.29) is 17.0 Å². The fourth-order valence-corrected chi connectivity index (χ4v) is 3.50. The molecule has 0 spiro atoms. The van der Waals surface area contributed by atoms with Gasteiger partial charge in [-0.25, -0.2) is 12.8 Å². The predicted molar refractivity (Wildman–Crippen MR) is 64.1 cm³/mol. The van der Waals surface area contributed by atoms with Gasteiger partial charge in [0.15, 0.2) is 9.84 Å². The van der Waals surface area contributed by atoms with E-state index in [1.54, 1.807) is 0 Å². The molecule has 1 fully saturated rings. The molecule has 0 saturated heterocycles. The highest BCUT2D eigenvalue weighted by atomic mass is 32.2. The van der Waals surface area contributed by atoms with Crippen molar-refractivity contribution in [3.63, 3.8) is 0 Å². The van der Waals surface area contributed by atoms with E-state index in [9.17, 15) is 12.8 Å². The van der Waals surface area contributed by atoms with Gasteiger partial charge in [0, 0.05) is 23.8 Å². The molecule has 0 radical (unpaired) electrons. The zero-order valence-electron chi connectivity index (χ0n) is 9.74. The van der Waals surface area contributed by atoms with Crippen LogP contribution in [-0.4, -0.2) is 21.2 Å². The lowest BCUT2D eigenvalue weighted by atomic mass is 9.64. The van der Waals surface area contributed by atoms with Crippen molar-refractivity contribution in [1.29, 1.82) is 0 Å². The Morgan fingerprint density at radius 2 is 2.06 bits per heavy atom. The Kier molecular flexibility index (Phi) is 2.99. The molecule has 1 saturated carbocycles. The van der Waals surface area contributed by atoms with Crippen molar-refractivity contribution in [3.8, 4) is 0 Å². The molecule has 0 aromatic heterocycles. The molecular formula is C12H16FNO2S. The minimum absolute atomic E-state index is 0.0858. The summed E-state index contributed by atoms with van der Waals surface area (Å²) in [6.07, 6.45) is 3.59. The zero-order valence-corrected chi connectivity index (χ0v) is 10.6. The van der Waals surface area contributed by atoms with Crippen LogP contribution in [0.25, 0.3) is 0 Å². The second kappa shape index (κ2) is 4.07. The Morgan fingerprint density at radius 3 is 2.47 bits per heavy atom. The predicted octanol–water partition coefficient (Wildman–Crippen LogP) is 1.61. The minimum atomic E-state index is -3.42. The SMILES string of the molecule is CS(=O)(=O)c1cccc(F)c1C1(CN)CCC1. The van der Waals surface area contributed by atoms with Crippen LogP contribution in [0.2, 0.25) is 0 Å². The standard InChI is InChI=1S/C12H16FNO2S/c1-17(15,16)10-5-2-4-9(13)11(10)12(8-14)6-3-7-12/h2,4-5H,3,6-8,14H2,1H3. The Morgan fingerprint density at radius 1 is 1.41 bits per heavy atom. The molecule has 94 valence electrons. The lowest BCUT2D eigenvalue weighted by Gasteiger charge is -2.42. The first kappa shape index (κ1) is 12.5. The van der Waals surface area contributed by atoms with Crippen LogP contribution in [-0.2, 0) is 15.3 Å². The number of rotatable bonds is 3. The molecule has 3 nitrogen and oxygen atoms in total. The molecular weight excluding hydrogens is 241 g/mol. The summed E-state index contributed by atoms with van der Waals surface area (Å²) in [4.78, 5) is 0.0858. The maximum Gasteiger partial charge on any atom is 0.175 e. The van der Waals surface area contributed by atoms with Crippen LogP contribution >= 0.6 is 0 Å². The van der Waals surface area contributed by atoms with E-state index in [4.69, 9.17) is 5.73 Å². The molecule has 1 aromatic carbocycles. The molecule has 0 heterocycles. The first-order chi connectivity index (χ1) is 7.91. The van der Waals surface area contributed by atoms with Crippen LogP contribution in [0.3, 0.4) is 0 Å². The molecule has 5 heteroatoms. The van der Waals surface area contributed by atoms with Crippen molar-refractivity contribution in [2.45, 2.75) is 29.6 Å². The highest BCUT2D eigenvalue weighted by Crippen LogP contribution is 2.46. The molecule has 2 rings (SSSR count). The van der Waals surface area contributed by atoms with Crippen LogP contribution in [0, 0.1) is 5.82 Å². The van der Waals surface area contributed by atoms with Gasteiger partial charge in [0.2, 0.25) is 0 Å². The maximum absolute atomic E-state index is 14.0. The summed E-state index contributed by atoms with van der Waals surface area (Å²) in [7, 11) is -3.42. The smallest absolute Gasteiger partial charge is 0.175 e. The highest BCUT2D eigenvalue weighted by Gasteiger charge is 2.42. The Balaban J connectivity index is 2.67. The number of hydrogen-bond acceptors (Lipinski definition) is 3. The van der Waals surface area contributed by atoms with Gasteiger partial charge in [0.25, 0.3) is 0 Å². The fourth-order valence-electron chi connectivity index (χ4n) is 2.49. The minimum Gasteiger partial charge on any atom is -0.330 e. The normalized spacial score (nSPS) is 18.8. The van der Waals surface area contributed by atoms with Gasteiger partial charge in [0.1, 0.15) is 5.82 Å². The van der Waals surface area contributed by atoms with Crippen molar-refractivity contribution in [1.82, 2.24) is 0 Å². The van der Waals surface area contributed by atoms with Gasteiger partial charge < -0.3 is 5.73 Å². The van der Waals surface area contributed by atoms with Crippen LogP contribution in [0.4, 0.5) is 4.39 Å². The van der Waals surface area contributed by atoms with Crippen molar-refractivity contribution >= 4 is 9.84 Å². The average molecular weight is 257 g/mol. The van der Waals surface area contributed by atoms with Crippen LogP contribution in [0.15, 0.2) is 23.1 Å². The molecule has 17 heavy (non-hydrogen) atoms. The van der Waals surface area contributed by atoms with Gasteiger partial charge >= 0.3 is 0 Å². The molecule has 0 aliphatic heterocycles. The molecule has 0 amide bonds. The summed E-state index contributed by atoms with van der Waals surface area (Å²) in [5, 5.41) is 0. The van der Waals surface area contributed by atoms with E-state index >= 15 is 0 Å². The summed E-state index contributed by atoms with van der Waals surface area (Å²) in [6, 6.07) is 4.20. The van der Waals surface area contributed by atoms with Crippen LogP contribution in [0.5, 0.6) is 0 Å². The van der Waals surface area contributed by atoms with E-state index in [1.165, 1.54) is 18.2 Å². The molecule has 1 aliphatic rings. The Hall–Kier alpha value is -0.940. The maximum atomic E-state index is 14.0. The second-order valence-corrected chi connectivity index (χ2v) is 6.71. The number of sulfone groups is 1. The van der Waals surface area contributed by atoms with Gasteiger partial charge in [-0.3, -0.25) is 0 Å². The summed E-state index contributed by atoms with van der Waals surface area (Å²) in [5.74, 6) is -0.460. The van der Waals surface area contributed by atoms with E-state index < -0.39 is 21.1 Å². The highest BCUT2D eigenvalue weighted by molar-refractivity contribution is 7.90. The Labute approximate surface area is 101 Å². The van der Waals surface area contributed by atoms with Crippen LogP contribution in [0.1, 0.15) is 24.8 Å². The van der Waals surface area contributed by atoms with Gasteiger partial charge in [0.05, 0.1) is 4.90 Å². The lowest BCUT2D eigenvalue weighted by Crippen LogP contribution is -2.43. The number of nitrogens with two attached hydrogens (primary N) is 1. The zero-order chi connectivity index (χ0) is 12.7. The molecule has 1 aromatic rings. The number of halogens is 1. The molecule has 1 aliphatic carbocycles. The third kappa shape index (κ3) is 1.98. The first-order valence-corrected chi connectivity index (χ1v) is 7.49. The van der Waals surface area contributed by atoms with Crippen molar-refractivity contribution < 1.29 is 12.8 Å². The number of hydrogen-bond donors (Lipinski definition) is 1. The van der Waals surface area contributed by atoms with Gasteiger partial charge in [-0.2, -0.15) is 0 Å². The molecule has 0 unspecified atom stereocenters. The lowest BCUT2D eigenvalue weighted by molar-refractivity contribution is 0.239. The monoisotopic (exact) mass is 257 g/mol. The van der Waals surface area contributed by atoms with Crippen molar-refractivity contribution in [2.75, 3.05) is 12.8 Å². The quantitative estimate of drug-likeness (QED) is 0.895. The third-order valence-corrected chi connectivity index (χ3v) is 4.75. The summed E-state index contributed by atoms with van der Waals surface area (Å²) >= 11 is 0. The largest absolute Gasteiger partial charge is 0.330 e. The van der Waals surface area contributed by atoms with Crippen LogP contribution < -0.4 is 5.73 Å². The summed E-state index contributed by atoms with van der Waals surface area (Å²) < 4.78 is 37.4. The third-order valence-electron chi connectivity index (χ3n) is 3.61. The van der Waals surface area contributed by atoms with E-state index in [0.717, 1.165) is 25.5 Å². The molecule has 2 N–H and O–H groups in total. The van der Waals surface area contributed by atoms with Crippen molar-refractivity contribution in [2.24, 2.45) is 5.73 Å². The summed E-state index contributed by atoms with van der Waals surface area (Å²) in [6.45, 7) is 0.288. The van der Waals surface area contributed by atoms with Gasteiger partial charge in [-0.05, 0) is 25.0 Å².